The van der Waals surface area contributed by atoms with Gasteiger partial charge in [0.2, 0.25) is 5.82 Å². The van der Waals surface area contributed by atoms with E-state index < -0.39 is 0 Å². The minimum absolute atomic E-state index is 0.0589. The molecule has 1 aliphatic heterocycles. The first kappa shape index (κ1) is 12.6. The molecule has 0 unspecified atom stereocenters. The Bertz CT molecular complexity index is 582. The summed E-state index contributed by atoms with van der Waals surface area (Å²) in [5.41, 5.74) is 1.95. The summed E-state index contributed by atoms with van der Waals surface area (Å²) in [4.78, 5) is 0. The van der Waals surface area contributed by atoms with Crippen molar-refractivity contribution >= 4 is 11.6 Å². The van der Waals surface area contributed by atoms with E-state index in [9.17, 15) is 0 Å². The van der Waals surface area contributed by atoms with E-state index in [0.29, 0.717) is 16.8 Å². The van der Waals surface area contributed by atoms with Gasteiger partial charge in [-0.25, -0.2) is 0 Å². The van der Waals surface area contributed by atoms with Gasteiger partial charge >= 0.3 is 0 Å². The zero-order chi connectivity index (χ0) is 13.5. The van der Waals surface area contributed by atoms with Crippen molar-refractivity contribution in [2.75, 3.05) is 6.61 Å². The normalized spacial score (nSPS) is 21.7. The topological polar surface area (TPSA) is 63.7 Å². The second kappa shape index (κ2) is 4.58. The fourth-order valence-electron chi connectivity index (χ4n) is 2.50. The second-order valence-corrected chi connectivity index (χ2v) is 5.85. The number of ether oxygens (including phenoxy) is 1. The number of hydrogen-bond donors (Lipinski definition) is 1. The molecular weight excluding hydrogens is 264 g/mol. The summed E-state index contributed by atoms with van der Waals surface area (Å²) >= 11 is 6.20. The molecule has 5 nitrogen and oxygen atoms in total. The van der Waals surface area contributed by atoms with Crippen LogP contribution >= 0.6 is 11.6 Å². The van der Waals surface area contributed by atoms with Gasteiger partial charge in [-0.3, -0.25) is 0 Å². The van der Waals surface area contributed by atoms with E-state index in [-0.39, 0.29) is 5.60 Å². The summed E-state index contributed by atoms with van der Waals surface area (Å²) in [7, 11) is 0. The molecule has 1 fully saturated rings. The Balaban J connectivity index is 1.94. The number of nitrogens with zero attached hydrogens (tertiary/aromatic N) is 3. The fourth-order valence-corrected chi connectivity index (χ4v) is 2.70. The quantitative estimate of drug-likeness (QED) is 0.917. The minimum Gasteiger partial charge on any atom is -0.375 e. The van der Waals surface area contributed by atoms with E-state index in [1.807, 2.05) is 18.2 Å². The van der Waals surface area contributed by atoms with Crippen LogP contribution in [0.25, 0.3) is 11.4 Å². The molecule has 1 aromatic heterocycles. The third kappa shape index (κ3) is 2.48. The molecule has 6 heteroatoms. The van der Waals surface area contributed by atoms with Gasteiger partial charge in [-0.2, -0.15) is 5.21 Å². The molecule has 0 saturated carbocycles. The maximum absolute atomic E-state index is 6.20. The highest BCUT2D eigenvalue weighted by molar-refractivity contribution is 6.33. The van der Waals surface area contributed by atoms with Crippen molar-refractivity contribution in [1.29, 1.82) is 0 Å². The van der Waals surface area contributed by atoms with Gasteiger partial charge in [0.1, 0.15) is 0 Å². The standard InChI is InChI=1S/C13H15ClN4O/c1-13(2)6-9(7-19-13)8-3-4-11(14)10(5-8)12-15-17-18-16-12/h3-5,9H,6-7H2,1-2H3,(H,15,16,17,18)/t9-/m1/s1. The molecule has 1 aromatic carbocycles. The Morgan fingerprint density at radius 3 is 2.89 bits per heavy atom. The van der Waals surface area contributed by atoms with E-state index >= 15 is 0 Å². The highest BCUT2D eigenvalue weighted by Crippen LogP contribution is 2.38. The van der Waals surface area contributed by atoms with Crippen molar-refractivity contribution in [1.82, 2.24) is 20.6 Å². The number of tetrazole rings is 1. The van der Waals surface area contributed by atoms with Crippen LogP contribution in [0.15, 0.2) is 18.2 Å². The number of aromatic nitrogens is 4. The van der Waals surface area contributed by atoms with E-state index in [2.05, 4.69) is 34.5 Å². The number of benzene rings is 1. The number of rotatable bonds is 2. The van der Waals surface area contributed by atoms with Crippen molar-refractivity contribution in [2.45, 2.75) is 31.8 Å². The van der Waals surface area contributed by atoms with Crippen LogP contribution in [-0.4, -0.2) is 32.8 Å². The van der Waals surface area contributed by atoms with E-state index in [1.165, 1.54) is 5.56 Å². The first-order valence-corrected chi connectivity index (χ1v) is 6.60. The predicted molar refractivity (Wildman–Crippen MR) is 72.0 cm³/mol. The molecule has 1 aliphatic rings. The molecular formula is C13H15ClN4O. The summed E-state index contributed by atoms with van der Waals surface area (Å²) in [5.74, 6) is 0.906. The van der Waals surface area contributed by atoms with Crippen LogP contribution in [0.2, 0.25) is 5.02 Å². The molecule has 100 valence electrons. The van der Waals surface area contributed by atoms with Crippen LogP contribution in [0.3, 0.4) is 0 Å². The van der Waals surface area contributed by atoms with Gasteiger partial charge in [-0.15, -0.1) is 10.2 Å². The second-order valence-electron chi connectivity index (χ2n) is 5.45. The number of H-pyrrole nitrogens is 1. The lowest BCUT2D eigenvalue weighted by molar-refractivity contribution is 0.0361. The van der Waals surface area contributed by atoms with E-state index in [4.69, 9.17) is 16.3 Å². The zero-order valence-corrected chi connectivity index (χ0v) is 11.6. The van der Waals surface area contributed by atoms with Crippen molar-refractivity contribution in [2.24, 2.45) is 0 Å². The smallest absolute Gasteiger partial charge is 0.206 e. The van der Waals surface area contributed by atoms with E-state index in [0.717, 1.165) is 18.6 Å². The Labute approximate surface area is 116 Å². The molecule has 0 spiro atoms. The van der Waals surface area contributed by atoms with Gasteiger partial charge in [0.05, 0.1) is 17.2 Å². The molecule has 1 atom stereocenters. The highest BCUT2D eigenvalue weighted by Gasteiger charge is 2.33. The molecule has 0 radical (unpaired) electrons. The molecule has 1 N–H and O–H groups in total. The molecule has 0 amide bonds. The number of hydrogen-bond acceptors (Lipinski definition) is 4. The summed E-state index contributed by atoms with van der Waals surface area (Å²) in [6.07, 6.45) is 1.00. The third-order valence-corrected chi connectivity index (χ3v) is 3.79. The average molecular weight is 279 g/mol. The molecule has 19 heavy (non-hydrogen) atoms. The highest BCUT2D eigenvalue weighted by atomic mass is 35.5. The number of nitrogens with one attached hydrogen (secondary N) is 1. The minimum atomic E-state index is -0.0589. The summed E-state index contributed by atoms with van der Waals surface area (Å²) in [6, 6.07) is 5.96. The van der Waals surface area contributed by atoms with Gasteiger partial charge < -0.3 is 4.74 Å². The molecule has 0 bridgehead atoms. The van der Waals surface area contributed by atoms with Crippen molar-refractivity contribution in [3.05, 3.63) is 28.8 Å². The Morgan fingerprint density at radius 2 is 2.26 bits per heavy atom. The van der Waals surface area contributed by atoms with Crippen molar-refractivity contribution in [3.63, 3.8) is 0 Å². The number of aromatic amines is 1. The lowest BCUT2D eigenvalue weighted by Gasteiger charge is -2.16. The van der Waals surface area contributed by atoms with Gasteiger partial charge in [-0.1, -0.05) is 17.7 Å². The number of halogens is 1. The Kier molecular flexibility index (Phi) is 3.03. The molecule has 3 rings (SSSR count). The monoisotopic (exact) mass is 278 g/mol. The maximum Gasteiger partial charge on any atom is 0.206 e. The van der Waals surface area contributed by atoms with Crippen molar-refractivity contribution < 1.29 is 4.74 Å². The Hall–Kier alpha value is -1.46. The summed E-state index contributed by atoms with van der Waals surface area (Å²) in [6.45, 7) is 4.96. The molecule has 2 heterocycles. The summed E-state index contributed by atoms with van der Waals surface area (Å²) < 4.78 is 5.79. The maximum atomic E-state index is 6.20. The molecule has 1 saturated heterocycles. The average Bonchev–Trinajstić information content (AvgIpc) is 2.99. The summed E-state index contributed by atoms with van der Waals surface area (Å²) in [5, 5.41) is 14.6. The predicted octanol–water partition coefficient (Wildman–Crippen LogP) is 2.80. The zero-order valence-electron chi connectivity index (χ0n) is 10.9. The lowest BCUT2D eigenvalue weighted by Crippen LogP contribution is -2.16. The van der Waals surface area contributed by atoms with Crippen molar-refractivity contribution in [3.8, 4) is 11.4 Å². The first-order chi connectivity index (χ1) is 9.05. The van der Waals surface area contributed by atoms with Crippen LogP contribution in [0, 0.1) is 0 Å². The van der Waals surface area contributed by atoms with Crippen LogP contribution in [-0.2, 0) is 4.74 Å². The van der Waals surface area contributed by atoms with Gasteiger partial charge in [-0.05, 0) is 43.2 Å². The van der Waals surface area contributed by atoms with Crippen LogP contribution in [0.1, 0.15) is 31.7 Å². The third-order valence-electron chi connectivity index (χ3n) is 3.46. The van der Waals surface area contributed by atoms with Gasteiger partial charge in [0.15, 0.2) is 0 Å². The molecule has 2 aromatic rings. The van der Waals surface area contributed by atoms with Crippen LogP contribution in [0.5, 0.6) is 0 Å². The van der Waals surface area contributed by atoms with Crippen LogP contribution in [0.4, 0.5) is 0 Å². The first-order valence-electron chi connectivity index (χ1n) is 6.22. The lowest BCUT2D eigenvalue weighted by atomic mass is 9.91. The van der Waals surface area contributed by atoms with Gasteiger partial charge in [0, 0.05) is 11.5 Å². The van der Waals surface area contributed by atoms with E-state index in [1.54, 1.807) is 0 Å². The van der Waals surface area contributed by atoms with Gasteiger partial charge in [0.25, 0.3) is 0 Å². The largest absolute Gasteiger partial charge is 0.375 e. The SMILES string of the molecule is CC1(C)C[C@@H](c2ccc(Cl)c(-c3nn[nH]n3)c2)CO1. The Morgan fingerprint density at radius 1 is 1.42 bits per heavy atom. The fraction of sp³-hybridized carbons (Fsp3) is 0.462. The van der Waals surface area contributed by atoms with Crippen LogP contribution < -0.4 is 0 Å². The molecule has 0 aliphatic carbocycles.